The minimum Gasteiger partial charge on any atom is -0.375 e. The standard InChI is InChI=1S/C16H25N7O2S/c1-4-8-22-10-18-13-12(22)14(24)23(16(25)21(13)3)9-6-5-7-11(2)19-20-15(17)26/h10H,4-9H2,1-3H3,(H3,17,20,26)/b19-11+. The lowest BCUT2D eigenvalue weighted by Gasteiger charge is -2.09. The van der Waals surface area contributed by atoms with Crippen LogP contribution in [0.3, 0.4) is 0 Å². The van der Waals surface area contributed by atoms with Crippen LogP contribution in [0.15, 0.2) is 21.0 Å². The van der Waals surface area contributed by atoms with Gasteiger partial charge in [-0.1, -0.05) is 6.92 Å². The number of hydrazone groups is 1. The number of hydrogen-bond donors (Lipinski definition) is 2. The number of aryl methyl sites for hydroxylation is 2. The van der Waals surface area contributed by atoms with E-state index in [4.69, 9.17) is 18.0 Å². The van der Waals surface area contributed by atoms with E-state index in [1.165, 1.54) is 9.13 Å². The van der Waals surface area contributed by atoms with E-state index in [1.807, 2.05) is 18.4 Å². The Bertz CT molecular complexity index is 938. The SMILES string of the molecule is CCCn1cnc2c1c(=O)n(CCCC/C(C)=N/NC(N)=S)c(=O)n2C. The third kappa shape index (κ3) is 4.37. The molecule has 0 bridgehead atoms. The highest BCUT2D eigenvalue weighted by atomic mass is 32.1. The molecule has 0 saturated carbocycles. The van der Waals surface area contributed by atoms with Crippen molar-refractivity contribution in [1.29, 1.82) is 0 Å². The van der Waals surface area contributed by atoms with Gasteiger partial charge in [-0.25, -0.2) is 9.78 Å². The van der Waals surface area contributed by atoms with Crippen LogP contribution >= 0.6 is 12.2 Å². The van der Waals surface area contributed by atoms with Crippen molar-refractivity contribution in [2.45, 2.75) is 52.6 Å². The van der Waals surface area contributed by atoms with Crippen LogP contribution in [0.2, 0.25) is 0 Å². The molecular weight excluding hydrogens is 354 g/mol. The van der Waals surface area contributed by atoms with Crippen molar-refractivity contribution >= 4 is 34.2 Å². The molecule has 0 radical (unpaired) electrons. The fraction of sp³-hybridized carbons (Fsp3) is 0.562. The van der Waals surface area contributed by atoms with Crippen LogP contribution in [-0.2, 0) is 20.1 Å². The highest BCUT2D eigenvalue weighted by molar-refractivity contribution is 7.80. The van der Waals surface area contributed by atoms with Crippen LogP contribution in [0.1, 0.15) is 39.5 Å². The molecule has 0 fully saturated rings. The predicted octanol–water partition coefficient (Wildman–Crippen LogP) is 0.686. The second-order valence-corrected chi connectivity index (χ2v) is 6.63. The molecule has 3 N–H and O–H groups in total. The summed E-state index contributed by atoms with van der Waals surface area (Å²) in [6.07, 6.45) is 4.69. The molecule has 0 unspecified atom stereocenters. The van der Waals surface area contributed by atoms with Crippen molar-refractivity contribution in [3.05, 3.63) is 27.2 Å². The van der Waals surface area contributed by atoms with Crippen LogP contribution in [-0.4, -0.2) is 29.5 Å². The van der Waals surface area contributed by atoms with Gasteiger partial charge in [0.2, 0.25) is 0 Å². The van der Waals surface area contributed by atoms with E-state index in [0.29, 0.717) is 30.7 Å². The monoisotopic (exact) mass is 379 g/mol. The summed E-state index contributed by atoms with van der Waals surface area (Å²) >= 11 is 4.69. The molecule has 0 atom stereocenters. The van der Waals surface area contributed by atoms with Gasteiger partial charge in [-0.05, 0) is 44.8 Å². The van der Waals surface area contributed by atoms with Gasteiger partial charge in [-0.3, -0.25) is 19.4 Å². The van der Waals surface area contributed by atoms with E-state index in [9.17, 15) is 9.59 Å². The number of fused-ring (bicyclic) bond motifs is 1. The van der Waals surface area contributed by atoms with Gasteiger partial charge in [0.15, 0.2) is 16.3 Å². The van der Waals surface area contributed by atoms with E-state index < -0.39 is 0 Å². The first-order valence-electron chi connectivity index (χ1n) is 8.60. The lowest BCUT2D eigenvalue weighted by Crippen LogP contribution is -2.39. The zero-order valence-electron chi connectivity index (χ0n) is 15.4. The van der Waals surface area contributed by atoms with E-state index in [1.54, 1.807) is 13.4 Å². The number of nitrogens with one attached hydrogen (secondary N) is 1. The van der Waals surface area contributed by atoms with Crippen molar-refractivity contribution in [1.82, 2.24) is 24.1 Å². The van der Waals surface area contributed by atoms with Gasteiger partial charge in [-0.15, -0.1) is 0 Å². The first-order valence-corrected chi connectivity index (χ1v) is 9.00. The van der Waals surface area contributed by atoms with Gasteiger partial charge >= 0.3 is 5.69 Å². The Hall–Kier alpha value is -2.49. The highest BCUT2D eigenvalue weighted by Crippen LogP contribution is 2.07. The zero-order chi connectivity index (χ0) is 19.3. The Morgan fingerprint density at radius 2 is 2.08 bits per heavy atom. The van der Waals surface area contributed by atoms with Crippen LogP contribution in [0.5, 0.6) is 0 Å². The molecule has 2 aromatic heterocycles. The number of rotatable bonds is 8. The van der Waals surface area contributed by atoms with Crippen molar-refractivity contribution < 1.29 is 0 Å². The molecule has 2 heterocycles. The van der Waals surface area contributed by atoms with Gasteiger partial charge in [0.25, 0.3) is 5.56 Å². The van der Waals surface area contributed by atoms with Gasteiger partial charge in [0.1, 0.15) is 0 Å². The lowest BCUT2D eigenvalue weighted by atomic mass is 10.2. The molecule has 0 aromatic carbocycles. The summed E-state index contributed by atoms with van der Waals surface area (Å²) in [6, 6.07) is 0. The largest absolute Gasteiger partial charge is 0.375 e. The summed E-state index contributed by atoms with van der Waals surface area (Å²) in [4.78, 5) is 29.5. The van der Waals surface area contributed by atoms with Gasteiger partial charge < -0.3 is 10.3 Å². The Labute approximate surface area is 156 Å². The third-order valence-corrected chi connectivity index (χ3v) is 4.18. The first kappa shape index (κ1) is 19.8. The normalized spacial score (nSPS) is 11.9. The fourth-order valence-electron chi connectivity index (χ4n) is 2.79. The van der Waals surface area contributed by atoms with Crippen LogP contribution in [0.25, 0.3) is 11.2 Å². The van der Waals surface area contributed by atoms with Gasteiger partial charge in [0.05, 0.1) is 6.33 Å². The zero-order valence-corrected chi connectivity index (χ0v) is 16.2. The molecule has 9 nitrogen and oxygen atoms in total. The molecule has 0 spiro atoms. The van der Waals surface area contributed by atoms with E-state index in [0.717, 1.165) is 25.0 Å². The second-order valence-electron chi connectivity index (χ2n) is 6.19. The maximum atomic E-state index is 12.8. The Kier molecular flexibility index (Phi) is 6.67. The number of nitrogens with two attached hydrogens (primary N) is 1. The van der Waals surface area contributed by atoms with Crippen molar-refractivity contribution in [3.63, 3.8) is 0 Å². The Morgan fingerprint density at radius 1 is 1.35 bits per heavy atom. The molecule has 10 heteroatoms. The lowest BCUT2D eigenvalue weighted by molar-refractivity contribution is 0.556. The minimum absolute atomic E-state index is 0.122. The molecule has 142 valence electrons. The van der Waals surface area contributed by atoms with Crippen molar-refractivity contribution in [2.75, 3.05) is 0 Å². The average Bonchev–Trinajstić information content (AvgIpc) is 3.01. The molecule has 0 aliphatic rings. The topological polar surface area (TPSA) is 112 Å². The molecule has 26 heavy (non-hydrogen) atoms. The number of unbranched alkanes of at least 4 members (excludes halogenated alkanes) is 1. The predicted molar refractivity (Wildman–Crippen MR) is 106 cm³/mol. The number of hydrogen-bond acceptors (Lipinski definition) is 5. The number of aromatic nitrogens is 4. The average molecular weight is 379 g/mol. The summed E-state index contributed by atoms with van der Waals surface area (Å²) in [5.74, 6) is 0. The van der Waals surface area contributed by atoms with Crippen LogP contribution in [0.4, 0.5) is 0 Å². The minimum atomic E-state index is -0.343. The molecule has 2 rings (SSSR count). The smallest absolute Gasteiger partial charge is 0.332 e. The summed E-state index contributed by atoms with van der Waals surface area (Å²) in [6.45, 7) is 4.94. The second kappa shape index (κ2) is 8.75. The maximum Gasteiger partial charge on any atom is 0.332 e. The molecule has 0 saturated heterocycles. The molecule has 0 aliphatic heterocycles. The fourth-order valence-corrected chi connectivity index (χ4v) is 2.83. The van der Waals surface area contributed by atoms with Gasteiger partial charge in [0, 0.05) is 25.8 Å². The van der Waals surface area contributed by atoms with Crippen molar-refractivity contribution in [2.24, 2.45) is 17.9 Å². The molecule has 0 amide bonds. The maximum absolute atomic E-state index is 12.8. The van der Waals surface area contributed by atoms with E-state index >= 15 is 0 Å². The summed E-state index contributed by atoms with van der Waals surface area (Å²) in [7, 11) is 1.64. The van der Waals surface area contributed by atoms with Crippen molar-refractivity contribution in [3.8, 4) is 0 Å². The van der Waals surface area contributed by atoms with Crippen LogP contribution in [0, 0.1) is 0 Å². The summed E-state index contributed by atoms with van der Waals surface area (Å²) in [5.41, 5.74) is 9.00. The van der Waals surface area contributed by atoms with Gasteiger partial charge in [-0.2, -0.15) is 5.10 Å². The highest BCUT2D eigenvalue weighted by Gasteiger charge is 2.15. The molecular formula is C16H25N7O2S. The summed E-state index contributed by atoms with van der Waals surface area (Å²) < 4.78 is 4.53. The number of nitrogens with zero attached hydrogens (tertiary/aromatic N) is 5. The Morgan fingerprint density at radius 3 is 2.73 bits per heavy atom. The van der Waals surface area contributed by atoms with Crippen LogP contribution < -0.4 is 22.4 Å². The van der Waals surface area contributed by atoms with E-state index in [-0.39, 0.29) is 16.4 Å². The summed E-state index contributed by atoms with van der Waals surface area (Å²) in [5, 5.41) is 4.16. The first-order chi connectivity index (χ1) is 12.4. The third-order valence-electron chi connectivity index (χ3n) is 4.09. The number of thiocarbonyl (C=S) groups is 1. The quantitative estimate of drug-likeness (QED) is 0.302. The Balaban J connectivity index is 2.16. The molecule has 0 aliphatic carbocycles. The number of imidazole rings is 1. The molecule has 2 aromatic rings. The van der Waals surface area contributed by atoms with E-state index in [2.05, 4.69) is 15.5 Å².